The minimum Gasteiger partial charge on any atom is -0.480 e. The zero-order valence-electron chi connectivity index (χ0n) is 12.9. The minimum atomic E-state index is -1.23. The van der Waals surface area contributed by atoms with Crippen molar-refractivity contribution in [2.75, 3.05) is 0 Å². The summed E-state index contributed by atoms with van der Waals surface area (Å²) in [6.07, 6.45) is 0.188. The van der Waals surface area contributed by atoms with Crippen LogP contribution in [0.25, 0.3) is 0 Å². The lowest BCUT2D eigenvalue weighted by molar-refractivity contribution is -0.159. The van der Waals surface area contributed by atoms with Crippen molar-refractivity contribution in [1.29, 1.82) is 0 Å². The molecule has 1 aromatic rings. The number of benzene rings is 1. The van der Waals surface area contributed by atoms with Crippen LogP contribution in [-0.2, 0) is 20.8 Å². The van der Waals surface area contributed by atoms with Crippen LogP contribution in [0.5, 0.6) is 0 Å². The summed E-state index contributed by atoms with van der Waals surface area (Å²) in [7, 11) is 0. The summed E-state index contributed by atoms with van der Waals surface area (Å²) in [5.41, 5.74) is 6.59. The molecule has 1 rings (SSSR count). The van der Waals surface area contributed by atoms with E-state index in [0.29, 0.717) is 0 Å². The van der Waals surface area contributed by atoms with Crippen molar-refractivity contribution in [2.24, 2.45) is 11.7 Å². The Morgan fingerprint density at radius 3 is 2.36 bits per heavy atom. The molecule has 0 heterocycles. The van der Waals surface area contributed by atoms with E-state index in [-0.39, 0.29) is 6.42 Å². The maximum absolute atomic E-state index is 12.4. The van der Waals surface area contributed by atoms with Gasteiger partial charge in [0.05, 0.1) is 6.04 Å². The summed E-state index contributed by atoms with van der Waals surface area (Å²) in [5.74, 6) is -2.96. The molecular formula is C16H21N2O4. The Morgan fingerprint density at radius 2 is 1.95 bits per heavy atom. The molecule has 6 nitrogen and oxygen atoms in total. The second-order valence-corrected chi connectivity index (χ2v) is 5.45. The van der Waals surface area contributed by atoms with Crippen LogP contribution in [0.2, 0.25) is 0 Å². The van der Waals surface area contributed by atoms with Gasteiger partial charge in [0, 0.05) is 6.92 Å². The molecule has 1 radical (unpaired) electrons. The first kappa shape index (κ1) is 17.8. The lowest BCUT2D eigenvalue weighted by atomic mass is 9.99. The van der Waals surface area contributed by atoms with Gasteiger partial charge in [0.1, 0.15) is 6.04 Å². The average molecular weight is 305 g/mol. The van der Waals surface area contributed by atoms with Gasteiger partial charge in [-0.1, -0.05) is 38.1 Å². The summed E-state index contributed by atoms with van der Waals surface area (Å²) in [5, 5.41) is 9.29. The molecule has 22 heavy (non-hydrogen) atoms. The standard InChI is InChI=1S/C16H21N2O4/c1-10(2)14(16(21)22)18(11(3)19)15(20)13(17)9-12-7-5-4-6-8-12/h4-7,10,13-14H,9,17H2,1-3H3,(H,21,22). The lowest BCUT2D eigenvalue weighted by Crippen LogP contribution is -2.55. The SMILES string of the molecule is CC(=O)N(C(=O)C(N)Cc1[c]cccc1)C(C(=O)O)C(C)C. The maximum atomic E-state index is 12.4. The van der Waals surface area contributed by atoms with E-state index >= 15 is 0 Å². The Hall–Kier alpha value is -2.21. The van der Waals surface area contributed by atoms with Gasteiger partial charge in [0.2, 0.25) is 11.8 Å². The maximum Gasteiger partial charge on any atom is 0.327 e. The number of carboxylic acid groups (broad SMARTS) is 1. The van der Waals surface area contributed by atoms with Gasteiger partial charge < -0.3 is 10.8 Å². The number of amides is 2. The fourth-order valence-corrected chi connectivity index (χ4v) is 2.24. The molecule has 0 bridgehead atoms. The molecule has 2 unspecified atom stereocenters. The first-order valence-electron chi connectivity index (χ1n) is 7.03. The third-order valence-corrected chi connectivity index (χ3v) is 3.27. The van der Waals surface area contributed by atoms with Gasteiger partial charge in [-0.05, 0) is 24.0 Å². The Labute approximate surface area is 129 Å². The molecule has 3 N–H and O–H groups in total. The van der Waals surface area contributed by atoms with Gasteiger partial charge >= 0.3 is 5.97 Å². The third kappa shape index (κ3) is 4.39. The van der Waals surface area contributed by atoms with Gasteiger partial charge in [0.25, 0.3) is 0 Å². The monoisotopic (exact) mass is 305 g/mol. The van der Waals surface area contributed by atoms with Gasteiger partial charge in [-0.25, -0.2) is 4.79 Å². The molecule has 0 aliphatic heterocycles. The molecule has 0 spiro atoms. The number of nitrogens with two attached hydrogens (primary N) is 1. The van der Waals surface area contributed by atoms with E-state index in [2.05, 4.69) is 6.07 Å². The minimum absolute atomic E-state index is 0.188. The number of carbonyl (C=O) groups excluding carboxylic acids is 2. The molecular weight excluding hydrogens is 284 g/mol. The number of nitrogens with zero attached hydrogens (tertiary/aromatic N) is 1. The number of rotatable bonds is 6. The Kier molecular flexibility index (Phi) is 6.24. The van der Waals surface area contributed by atoms with E-state index in [1.807, 2.05) is 0 Å². The van der Waals surface area contributed by atoms with E-state index in [9.17, 15) is 19.5 Å². The molecule has 6 heteroatoms. The summed E-state index contributed by atoms with van der Waals surface area (Å²) in [6.45, 7) is 4.44. The van der Waals surface area contributed by atoms with Crippen LogP contribution in [0, 0.1) is 12.0 Å². The quantitative estimate of drug-likeness (QED) is 0.811. The predicted octanol–water partition coefficient (Wildman–Crippen LogP) is 0.841. The molecule has 0 saturated heterocycles. The molecule has 0 saturated carbocycles. The van der Waals surface area contributed by atoms with Crippen LogP contribution in [0.1, 0.15) is 26.3 Å². The van der Waals surface area contributed by atoms with Crippen molar-refractivity contribution < 1.29 is 19.5 Å². The smallest absolute Gasteiger partial charge is 0.327 e. The molecule has 0 aromatic heterocycles. The number of imide groups is 1. The van der Waals surface area contributed by atoms with Gasteiger partial charge in [-0.15, -0.1) is 0 Å². The number of carboxylic acids is 1. The number of aliphatic carboxylic acids is 1. The van der Waals surface area contributed by atoms with E-state index in [0.717, 1.165) is 17.4 Å². The first-order valence-corrected chi connectivity index (χ1v) is 7.03. The second kappa shape index (κ2) is 7.70. The fourth-order valence-electron chi connectivity index (χ4n) is 2.24. The Morgan fingerprint density at radius 1 is 1.32 bits per heavy atom. The number of carbonyl (C=O) groups is 3. The number of hydrogen-bond acceptors (Lipinski definition) is 4. The van der Waals surface area contributed by atoms with Crippen LogP contribution in [0.15, 0.2) is 24.3 Å². The zero-order chi connectivity index (χ0) is 16.9. The Balaban J connectivity index is 2.98. The van der Waals surface area contributed by atoms with Crippen molar-refractivity contribution in [2.45, 2.75) is 39.3 Å². The van der Waals surface area contributed by atoms with E-state index < -0.39 is 35.8 Å². The Bertz CT molecular complexity index is 542. The highest BCUT2D eigenvalue weighted by Gasteiger charge is 2.37. The fraction of sp³-hybridized carbons (Fsp3) is 0.438. The van der Waals surface area contributed by atoms with Crippen LogP contribution in [0.3, 0.4) is 0 Å². The summed E-state index contributed by atoms with van der Waals surface area (Å²) in [6, 6.07) is 7.77. The zero-order valence-corrected chi connectivity index (χ0v) is 12.9. The first-order chi connectivity index (χ1) is 10.3. The molecule has 0 aliphatic rings. The molecule has 119 valence electrons. The third-order valence-electron chi connectivity index (χ3n) is 3.27. The van der Waals surface area contributed by atoms with Crippen LogP contribution in [-0.4, -0.2) is 39.9 Å². The largest absolute Gasteiger partial charge is 0.480 e. The van der Waals surface area contributed by atoms with Crippen molar-refractivity contribution in [3.63, 3.8) is 0 Å². The predicted molar refractivity (Wildman–Crippen MR) is 80.7 cm³/mol. The molecule has 0 fully saturated rings. The van der Waals surface area contributed by atoms with E-state index in [4.69, 9.17) is 5.73 Å². The normalized spacial score (nSPS) is 13.5. The summed E-state index contributed by atoms with van der Waals surface area (Å²) >= 11 is 0. The summed E-state index contributed by atoms with van der Waals surface area (Å²) in [4.78, 5) is 36.3. The van der Waals surface area contributed by atoms with Gasteiger partial charge in [-0.2, -0.15) is 0 Å². The van der Waals surface area contributed by atoms with Crippen molar-refractivity contribution in [3.05, 3.63) is 35.9 Å². The topological polar surface area (TPSA) is 101 Å². The van der Waals surface area contributed by atoms with Gasteiger partial charge in [-0.3, -0.25) is 14.5 Å². The van der Waals surface area contributed by atoms with Crippen molar-refractivity contribution in [3.8, 4) is 0 Å². The molecule has 2 atom stereocenters. The van der Waals surface area contributed by atoms with E-state index in [1.165, 1.54) is 0 Å². The van der Waals surface area contributed by atoms with Crippen LogP contribution < -0.4 is 5.73 Å². The average Bonchev–Trinajstić information content (AvgIpc) is 2.43. The van der Waals surface area contributed by atoms with Crippen LogP contribution >= 0.6 is 0 Å². The van der Waals surface area contributed by atoms with Crippen LogP contribution in [0.4, 0.5) is 0 Å². The number of hydrogen-bond donors (Lipinski definition) is 2. The summed E-state index contributed by atoms with van der Waals surface area (Å²) < 4.78 is 0. The highest BCUT2D eigenvalue weighted by molar-refractivity contribution is 6.00. The molecule has 1 aromatic carbocycles. The molecule has 0 aliphatic carbocycles. The highest BCUT2D eigenvalue weighted by Crippen LogP contribution is 2.14. The van der Waals surface area contributed by atoms with Gasteiger partial charge in [0.15, 0.2) is 0 Å². The highest BCUT2D eigenvalue weighted by atomic mass is 16.4. The van der Waals surface area contributed by atoms with Crippen molar-refractivity contribution in [1.82, 2.24) is 4.90 Å². The lowest BCUT2D eigenvalue weighted by Gasteiger charge is -2.30. The van der Waals surface area contributed by atoms with E-state index in [1.54, 1.807) is 38.1 Å². The van der Waals surface area contributed by atoms with Crippen molar-refractivity contribution >= 4 is 17.8 Å². The second-order valence-electron chi connectivity index (χ2n) is 5.45. The molecule has 2 amide bonds.